The number of nitrogens with zero attached hydrogens (tertiary/aromatic N) is 15. The molecule has 0 saturated carbocycles. The Morgan fingerprint density at radius 2 is 0.542 bits per heavy atom. The summed E-state index contributed by atoms with van der Waals surface area (Å²) in [7, 11) is 0. The second-order valence-electron chi connectivity index (χ2n) is 30.3. The number of hydrogen-bond donors (Lipinski definition) is 9. The SMILES string of the molecule is Cl.Cl.Cl.Cl.Cl.NOCCN1CCOCC1.Nc1ncnc(Nc2ccc(OCc3ccccc3)c(Cl)c2)c1/C=N/OCCN1CCOCC1.Nc1ncnc(Nc2ccc(OCc3ccccc3)c(Cl)c2)c1/C=N/OCCN1CCOCC1.Nc1ncnc(Nc2ccc(OCc3ccccc3)c(Cl)c2)c1/C=N/OCCN1CCOCC1.Nc1ncnc(Nc2ccc(OCc3ccccc3)c(Cl)c2)c1C=O. The van der Waals surface area contributed by atoms with Crippen molar-refractivity contribution in [2.45, 2.75) is 26.4 Å². The van der Waals surface area contributed by atoms with Crippen molar-refractivity contribution < 1.29 is 62.0 Å². The molecule has 142 heavy (non-hydrogen) atoms. The Morgan fingerprint density at radius 1 is 0.317 bits per heavy atom. The molecule has 4 aliphatic rings. The number of hydrogen-bond acceptors (Lipinski definition) is 37. The van der Waals surface area contributed by atoms with Crippen molar-refractivity contribution in [2.24, 2.45) is 21.4 Å². The summed E-state index contributed by atoms with van der Waals surface area (Å²) in [5, 5.41) is 26.6. The average Bonchev–Trinajstić information content (AvgIpc) is 0.836. The number of benzene rings is 8. The maximum absolute atomic E-state index is 11.1. The van der Waals surface area contributed by atoms with Gasteiger partial charge in [0.25, 0.3) is 0 Å². The number of nitrogen functional groups attached to an aromatic ring is 4. The zero-order chi connectivity index (χ0) is 95.7. The Hall–Kier alpha value is -12.0. The van der Waals surface area contributed by atoms with Crippen LogP contribution in [0.3, 0.4) is 0 Å². The van der Waals surface area contributed by atoms with Crippen LogP contribution in [-0.2, 0) is 64.7 Å². The van der Waals surface area contributed by atoms with Crippen LogP contribution < -0.4 is 69.0 Å². The molecule has 8 heterocycles. The number of morpholine rings is 4. The lowest BCUT2D eigenvalue weighted by molar-refractivity contribution is 0.0202. The standard InChI is InChI=1S/3C24H27ClN6O3.C18H15ClN4O2.C6H14N2O2.5ClH/c3*25-21-14-19(6-7-22(21)33-16-18-4-2-1-3-5-18)30-24-20(23(26)27-17-28-24)15-29-34-13-10-31-8-11-32-12-9-31;19-15-8-13(23-18-14(9-24)17(20)21-11-22-18)6-7-16(15)25-10-12-4-2-1-3-5-12;7-10-6-3-8-1-4-9-5-2-8;;;;;/h3*1-7,14-15,17H,8-13,16H2,(H3,26,27,28,30);1-9,11H,10H2,(H3,20,21,22,23);1-7H2;5*1H/b3*29-15+;;;;;;;. The van der Waals surface area contributed by atoms with Crippen LogP contribution in [0.15, 0.2) is 235 Å². The van der Waals surface area contributed by atoms with E-state index in [9.17, 15) is 4.79 Å². The molecule has 4 aromatic heterocycles. The predicted octanol–water partition coefficient (Wildman–Crippen LogP) is 16.3. The van der Waals surface area contributed by atoms with Crippen molar-refractivity contribution in [3.05, 3.63) is 284 Å². The molecule has 0 atom stereocenters. The third-order valence-electron chi connectivity index (χ3n) is 20.7. The van der Waals surface area contributed by atoms with Crippen LogP contribution in [0.2, 0.25) is 20.1 Å². The molecular weight excluding hydrogens is 2020 g/mol. The molecule has 0 spiro atoms. The summed E-state index contributed by atoms with van der Waals surface area (Å²) in [5.74, 6) is 9.97. The summed E-state index contributed by atoms with van der Waals surface area (Å²) in [6.07, 6.45) is 10.6. The first-order valence-corrected chi connectivity index (χ1v) is 45.5. The molecule has 37 nitrogen and oxygen atoms in total. The Bertz CT molecular complexity index is 5340. The van der Waals surface area contributed by atoms with Gasteiger partial charge in [0.2, 0.25) is 0 Å². The van der Waals surface area contributed by atoms with Crippen molar-refractivity contribution in [2.75, 3.05) is 202 Å². The highest BCUT2D eigenvalue weighted by atomic mass is 35.5. The van der Waals surface area contributed by atoms with E-state index in [-0.39, 0.29) is 90.9 Å². The zero-order valence-corrected chi connectivity index (χ0v) is 84.5. The molecule has 0 radical (unpaired) electrons. The Kier molecular flexibility index (Phi) is 54.3. The van der Waals surface area contributed by atoms with Gasteiger partial charge in [0.15, 0.2) is 6.29 Å². The van der Waals surface area contributed by atoms with E-state index in [1.165, 1.54) is 44.0 Å². The smallest absolute Gasteiger partial charge is 0.157 e. The Labute approximate surface area is 874 Å². The highest BCUT2D eigenvalue weighted by Crippen LogP contribution is 2.36. The third-order valence-corrected chi connectivity index (χ3v) is 21.9. The fourth-order valence-electron chi connectivity index (χ4n) is 13.2. The van der Waals surface area contributed by atoms with Crippen LogP contribution in [0, 0.1) is 0 Å². The van der Waals surface area contributed by atoms with Gasteiger partial charge in [-0.2, -0.15) is 0 Å². The molecule has 4 saturated heterocycles. The third kappa shape index (κ3) is 40.4. The van der Waals surface area contributed by atoms with E-state index in [2.05, 4.69) is 101 Å². The number of aldehydes is 1. The van der Waals surface area contributed by atoms with E-state index < -0.39 is 0 Å². The zero-order valence-electron chi connectivity index (χ0n) is 77.3. The molecule has 8 aromatic carbocycles. The first-order chi connectivity index (χ1) is 67.2. The highest BCUT2D eigenvalue weighted by Gasteiger charge is 2.20. The molecule has 4 fully saturated rings. The molecule has 760 valence electrons. The Morgan fingerprint density at radius 3 is 0.768 bits per heavy atom. The summed E-state index contributed by atoms with van der Waals surface area (Å²) < 4.78 is 44.4. The number of rotatable bonds is 39. The number of ether oxygens (including phenoxy) is 8. The van der Waals surface area contributed by atoms with Gasteiger partial charge in [-0.15, -0.1) is 62.0 Å². The maximum atomic E-state index is 11.1. The molecule has 16 rings (SSSR count). The first kappa shape index (κ1) is 117. The number of carbonyl (C=O) groups excluding carboxylic acids is 1. The van der Waals surface area contributed by atoms with Gasteiger partial charge in [-0.05, 0) is 95.1 Å². The number of halogens is 9. The van der Waals surface area contributed by atoms with Crippen LogP contribution in [-0.4, -0.2) is 242 Å². The minimum absolute atomic E-state index is 0. The largest absolute Gasteiger partial charge is 0.487 e. The molecule has 0 unspecified atom stereocenters. The second kappa shape index (κ2) is 65.9. The fraction of sp³-hybridized carbons (Fsp3) is 0.292. The van der Waals surface area contributed by atoms with Crippen molar-refractivity contribution >= 4 is 203 Å². The molecule has 0 amide bonds. The second-order valence-corrected chi connectivity index (χ2v) is 31.9. The fourth-order valence-corrected chi connectivity index (χ4v) is 14.2. The quantitative estimate of drug-likeness (QED) is 0.00747. The lowest BCUT2D eigenvalue weighted by atomic mass is 10.2. The number of aromatic nitrogens is 8. The van der Waals surface area contributed by atoms with E-state index in [4.69, 9.17) is 128 Å². The van der Waals surface area contributed by atoms with Crippen LogP contribution in [0.1, 0.15) is 49.3 Å². The van der Waals surface area contributed by atoms with E-state index >= 15 is 0 Å². The lowest BCUT2D eigenvalue weighted by Crippen LogP contribution is -2.38. The summed E-state index contributed by atoms with van der Waals surface area (Å²) in [6, 6.07) is 61.0. The van der Waals surface area contributed by atoms with Crippen LogP contribution >= 0.6 is 108 Å². The van der Waals surface area contributed by atoms with Gasteiger partial charge >= 0.3 is 0 Å². The van der Waals surface area contributed by atoms with Crippen LogP contribution in [0.25, 0.3) is 0 Å². The number of oxime groups is 3. The van der Waals surface area contributed by atoms with Crippen molar-refractivity contribution in [1.82, 2.24) is 59.5 Å². The summed E-state index contributed by atoms with van der Waals surface area (Å²) >= 11 is 25.6. The average molecular weight is 2130 g/mol. The lowest BCUT2D eigenvalue weighted by Gasteiger charge is -2.25. The van der Waals surface area contributed by atoms with E-state index in [1.807, 2.05) is 140 Å². The Balaban J connectivity index is 0.000000247. The van der Waals surface area contributed by atoms with E-state index in [1.54, 1.807) is 54.6 Å². The molecular formula is C96H115Cl9N24O13. The van der Waals surface area contributed by atoms with Gasteiger partial charge in [-0.1, -0.05) is 183 Å². The molecule has 14 N–H and O–H groups in total. The van der Waals surface area contributed by atoms with Gasteiger partial charge < -0.3 is 101 Å². The van der Waals surface area contributed by atoms with Crippen molar-refractivity contribution in [1.29, 1.82) is 0 Å². The van der Waals surface area contributed by atoms with Gasteiger partial charge in [-0.3, -0.25) is 24.4 Å². The molecule has 4 aliphatic heterocycles. The van der Waals surface area contributed by atoms with Crippen LogP contribution in [0.4, 0.5) is 69.3 Å². The van der Waals surface area contributed by atoms with Gasteiger partial charge in [0.05, 0.1) is 120 Å². The van der Waals surface area contributed by atoms with Gasteiger partial charge in [-0.25, -0.2) is 45.8 Å². The molecule has 0 aliphatic carbocycles. The maximum Gasteiger partial charge on any atom is 0.157 e. The summed E-state index contributed by atoms with van der Waals surface area (Å²) in [6.45, 7) is 20.6. The van der Waals surface area contributed by atoms with Gasteiger partial charge in [0.1, 0.15) is 141 Å². The highest BCUT2D eigenvalue weighted by molar-refractivity contribution is 6.33. The first-order valence-electron chi connectivity index (χ1n) is 44.0. The molecule has 0 bridgehead atoms. The van der Waals surface area contributed by atoms with E-state index in [0.717, 1.165) is 171 Å². The topological polar surface area (TPSA) is 459 Å². The predicted molar refractivity (Wildman–Crippen MR) is 569 cm³/mol. The number of nitrogens with two attached hydrogens (primary N) is 5. The minimum atomic E-state index is 0. The molecule has 12 aromatic rings. The van der Waals surface area contributed by atoms with Crippen molar-refractivity contribution in [3.63, 3.8) is 0 Å². The van der Waals surface area contributed by atoms with E-state index in [0.29, 0.717) is 148 Å². The summed E-state index contributed by atoms with van der Waals surface area (Å²) in [5.41, 5.74) is 32.6. The van der Waals surface area contributed by atoms with Crippen molar-refractivity contribution in [3.8, 4) is 23.0 Å². The van der Waals surface area contributed by atoms with Crippen LogP contribution in [0.5, 0.6) is 23.0 Å². The normalized spacial score (nSPS) is 13.6. The number of carbonyl (C=O) groups is 1. The monoisotopic (exact) mass is 2130 g/mol. The number of nitrogens with one attached hydrogen (secondary N) is 4. The number of anilines is 12. The minimum Gasteiger partial charge on any atom is -0.487 e. The molecule has 46 heteroatoms. The van der Waals surface area contributed by atoms with Gasteiger partial charge in [0, 0.05) is 101 Å². The summed E-state index contributed by atoms with van der Waals surface area (Å²) in [4.78, 5) is 73.7.